The van der Waals surface area contributed by atoms with Crippen LogP contribution in [-0.2, 0) is 32.9 Å². The van der Waals surface area contributed by atoms with Gasteiger partial charge in [0.1, 0.15) is 5.88 Å². The Morgan fingerprint density at radius 1 is 1.27 bits per heavy atom. The third-order valence-corrected chi connectivity index (χ3v) is 3.65. The maximum atomic E-state index is 12.3. The summed E-state index contributed by atoms with van der Waals surface area (Å²) < 4.78 is 8.99. The van der Waals surface area contributed by atoms with Gasteiger partial charge >= 0.3 is 5.69 Å². The molecule has 9 nitrogen and oxygen atoms in total. The van der Waals surface area contributed by atoms with Gasteiger partial charge in [0.05, 0.1) is 6.33 Å². The lowest BCUT2D eigenvalue weighted by atomic mass is 10.4. The summed E-state index contributed by atoms with van der Waals surface area (Å²) >= 11 is 5.60. The molecule has 0 spiro atoms. The van der Waals surface area contributed by atoms with Gasteiger partial charge in [-0.05, 0) is 0 Å². The number of hydrogen-bond acceptors (Lipinski definition) is 6. The minimum Gasteiger partial charge on any atom is -0.338 e. The molecule has 3 rings (SSSR count). The highest BCUT2D eigenvalue weighted by Crippen LogP contribution is 2.07. The minimum atomic E-state index is -0.410. The summed E-state index contributed by atoms with van der Waals surface area (Å²) in [6.45, 7) is 0.436. The van der Waals surface area contributed by atoms with E-state index in [-0.39, 0.29) is 11.4 Å². The maximum absolute atomic E-state index is 12.3. The monoisotopic (exact) mass is 324 g/mol. The molecule has 0 fully saturated rings. The second kappa shape index (κ2) is 5.41. The fourth-order valence-electron chi connectivity index (χ4n) is 2.23. The van der Waals surface area contributed by atoms with Gasteiger partial charge < -0.3 is 9.09 Å². The highest BCUT2D eigenvalue weighted by molar-refractivity contribution is 6.16. The van der Waals surface area contributed by atoms with E-state index in [0.29, 0.717) is 35.8 Å². The summed E-state index contributed by atoms with van der Waals surface area (Å²) in [7, 11) is 3.01. The Kier molecular flexibility index (Phi) is 3.57. The van der Waals surface area contributed by atoms with E-state index in [1.54, 1.807) is 11.6 Å². The molecular weight excluding hydrogens is 312 g/mol. The van der Waals surface area contributed by atoms with Gasteiger partial charge in [-0.1, -0.05) is 5.16 Å². The highest BCUT2D eigenvalue weighted by Gasteiger charge is 2.14. The molecule has 0 aliphatic rings. The SMILES string of the molecule is Cn1c(=O)c2c(ncn2CCc2noc(CCl)n2)n(C)c1=O. The first-order valence-electron chi connectivity index (χ1n) is 6.51. The standard InChI is InChI=1S/C12H13ClN6O3/c1-17-10-9(11(20)18(2)12(17)21)19(6-14-10)4-3-7-15-8(5-13)22-16-7/h6H,3-5H2,1-2H3. The number of halogens is 1. The molecule has 0 saturated heterocycles. The van der Waals surface area contributed by atoms with Crippen molar-refractivity contribution in [2.24, 2.45) is 14.1 Å². The second-order valence-electron chi connectivity index (χ2n) is 4.80. The molecule has 116 valence electrons. The zero-order valence-electron chi connectivity index (χ0n) is 12.0. The quantitative estimate of drug-likeness (QED) is 0.616. The zero-order chi connectivity index (χ0) is 15.9. The number of imidazole rings is 1. The maximum Gasteiger partial charge on any atom is 0.332 e. The van der Waals surface area contributed by atoms with Gasteiger partial charge in [-0.15, -0.1) is 11.6 Å². The third kappa shape index (κ3) is 2.23. The van der Waals surface area contributed by atoms with Crippen molar-refractivity contribution in [1.29, 1.82) is 0 Å². The van der Waals surface area contributed by atoms with E-state index in [0.717, 1.165) is 4.57 Å². The van der Waals surface area contributed by atoms with Crippen LogP contribution in [0.4, 0.5) is 0 Å². The molecule has 10 heteroatoms. The Bertz CT molecular complexity index is 950. The zero-order valence-corrected chi connectivity index (χ0v) is 12.7. The summed E-state index contributed by atoms with van der Waals surface area (Å²) in [5, 5.41) is 3.80. The number of aryl methyl sites for hydroxylation is 3. The largest absolute Gasteiger partial charge is 0.338 e. The van der Waals surface area contributed by atoms with Gasteiger partial charge in [0.25, 0.3) is 5.56 Å². The van der Waals surface area contributed by atoms with Crippen LogP contribution in [0.15, 0.2) is 20.4 Å². The van der Waals surface area contributed by atoms with Crippen LogP contribution in [0.25, 0.3) is 11.2 Å². The van der Waals surface area contributed by atoms with E-state index in [9.17, 15) is 9.59 Å². The van der Waals surface area contributed by atoms with E-state index in [4.69, 9.17) is 16.1 Å². The molecule has 3 heterocycles. The van der Waals surface area contributed by atoms with Crippen LogP contribution in [-0.4, -0.2) is 28.8 Å². The number of alkyl halides is 1. The lowest BCUT2D eigenvalue weighted by Crippen LogP contribution is -2.37. The highest BCUT2D eigenvalue weighted by atomic mass is 35.5. The number of hydrogen-bond donors (Lipinski definition) is 0. The van der Waals surface area contributed by atoms with Crippen molar-refractivity contribution < 1.29 is 4.52 Å². The molecule has 0 aliphatic carbocycles. The van der Waals surface area contributed by atoms with Crippen molar-refractivity contribution in [1.82, 2.24) is 28.8 Å². The van der Waals surface area contributed by atoms with Crippen molar-refractivity contribution in [3.8, 4) is 0 Å². The van der Waals surface area contributed by atoms with Crippen LogP contribution in [0, 0.1) is 0 Å². The summed E-state index contributed by atoms with van der Waals surface area (Å²) in [4.78, 5) is 32.4. The van der Waals surface area contributed by atoms with E-state index < -0.39 is 5.69 Å². The average Bonchev–Trinajstić information content (AvgIpc) is 3.15. The Morgan fingerprint density at radius 2 is 2.05 bits per heavy atom. The molecular formula is C12H13ClN6O3. The van der Waals surface area contributed by atoms with E-state index in [1.165, 1.54) is 17.9 Å². The van der Waals surface area contributed by atoms with Gasteiger partial charge in [0.15, 0.2) is 17.0 Å². The average molecular weight is 325 g/mol. The van der Waals surface area contributed by atoms with E-state index >= 15 is 0 Å². The van der Waals surface area contributed by atoms with Gasteiger partial charge in [-0.2, -0.15) is 4.98 Å². The lowest BCUT2D eigenvalue weighted by molar-refractivity contribution is 0.383. The van der Waals surface area contributed by atoms with Gasteiger partial charge in [-0.25, -0.2) is 9.78 Å². The Balaban J connectivity index is 1.98. The Labute approximate surface area is 128 Å². The van der Waals surface area contributed by atoms with Crippen LogP contribution >= 0.6 is 11.6 Å². The van der Waals surface area contributed by atoms with Crippen LogP contribution < -0.4 is 11.2 Å². The van der Waals surface area contributed by atoms with Crippen molar-refractivity contribution in [3.05, 3.63) is 38.9 Å². The smallest absolute Gasteiger partial charge is 0.332 e. The Hall–Kier alpha value is -2.42. The van der Waals surface area contributed by atoms with Gasteiger partial charge in [-0.3, -0.25) is 13.9 Å². The molecule has 3 aromatic rings. The third-order valence-electron chi connectivity index (χ3n) is 3.42. The first kappa shape index (κ1) is 14.5. The summed E-state index contributed by atoms with van der Waals surface area (Å²) in [6.07, 6.45) is 1.98. The summed E-state index contributed by atoms with van der Waals surface area (Å²) in [5.74, 6) is 1.01. The predicted molar refractivity (Wildman–Crippen MR) is 77.8 cm³/mol. The van der Waals surface area contributed by atoms with Crippen molar-refractivity contribution >= 4 is 22.8 Å². The molecule has 0 bridgehead atoms. The number of fused-ring (bicyclic) bond motifs is 1. The summed E-state index contributed by atoms with van der Waals surface area (Å²) in [5.41, 5.74) is -0.0776. The molecule has 0 amide bonds. The van der Waals surface area contributed by atoms with E-state index in [1.807, 2.05) is 0 Å². The van der Waals surface area contributed by atoms with Crippen molar-refractivity contribution in [2.75, 3.05) is 0 Å². The molecule has 0 unspecified atom stereocenters. The normalized spacial score (nSPS) is 11.4. The van der Waals surface area contributed by atoms with Gasteiger partial charge in [0.2, 0.25) is 5.89 Å². The molecule has 0 aliphatic heterocycles. The first-order chi connectivity index (χ1) is 10.5. The molecule has 0 N–H and O–H groups in total. The van der Waals surface area contributed by atoms with Crippen LogP contribution in [0.1, 0.15) is 11.7 Å². The van der Waals surface area contributed by atoms with Gasteiger partial charge in [0, 0.05) is 27.1 Å². The molecule has 0 atom stereocenters. The Morgan fingerprint density at radius 3 is 2.73 bits per heavy atom. The number of rotatable bonds is 4. The fraction of sp³-hybridized carbons (Fsp3) is 0.417. The topological polar surface area (TPSA) is 101 Å². The van der Waals surface area contributed by atoms with Crippen molar-refractivity contribution in [3.63, 3.8) is 0 Å². The second-order valence-corrected chi connectivity index (χ2v) is 5.07. The molecule has 0 radical (unpaired) electrons. The first-order valence-corrected chi connectivity index (χ1v) is 7.04. The molecule has 0 saturated carbocycles. The fourth-order valence-corrected chi connectivity index (χ4v) is 2.34. The summed E-state index contributed by atoms with van der Waals surface area (Å²) in [6, 6.07) is 0. The van der Waals surface area contributed by atoms with Crippen LogP contribution in [0.5, 0.6) is 0 Å². The molecule has 3 aromatic heterocycles. The lowest BCUT2D eigenvalue weighted by Gasteiger charge is -2.05. The molecule has 22 heavy (non-hydrogen) atoms. The van der Waals surface area contributed by atoms with Crippen molar-refractivity contribution in [2.45, 2.75) is 18.8 Å². The number of aromatic nitrogens is 6. The number of nitrogens with zero attached hydrogens (tertiary/aromatic N) is 6. The van der Waals surface area contributed by atoms with Crippen LogP contribution in [0.3, 0.4) is 0 Å². The minimum absolute atomic E-state index is 0.156. The molecule has 0 aromatic carbocycles. The van der Waals surface area contributed by atoms with Crippen LogP contribution in [0.2, 0.25) is 0 Å². The van der Waals surface area contributed by atoms with E-state index in [2.05, 4.69) is 15.1 Å². The predicted octanol–water partition coefficient (Wildman–Crippen LogP) is -0.202.